The number of allylic oxidation sites excluding steroid dienone is 3. The fraction of sp³-hybridized carbons (Fsp3) is 0.298. The van der Waals surface area contributed by atoms with Gasteiger partial charge in [0.05, 0.1) is 16.7 Å². The van der Waals surface area contributed by atoms with Crippen LogP contribution in [0, 0.1) is 20.8 Å². The van der Waals surface area contributed by atoms with Crippen molar-refractivity contribution < 1.29 is 0 Å². The summed E-state index contributed by atoms with van der Waals surface area (Å²) in [7, 11) is 0. The van der Waals surface area contributed by atoms with E-state index in [-0.39, 0.29) is 6.04 Å². The third kappa shape index (κ3) is 8.67. The molecular weight excluding hydrogens is 593 g/mol. The molecule has 1 atom stereocenters. The van der Waals surface area contributed by atoms with Crippen LogP contribution in [0.25, 0.3) is 57.2 Å². The van der Waals surface area contributed by atoms with E-state index in [1.807, 2.05) is 47.6 Å². The number of hydrogen-bond acceptors (Lipinski definition) is 2. The lowest BCUT2D eigenvalue weighted by molar-refractivity contribution is 0.883. The van der Waals surface area contributed by atoms with Crippen LogP contribution in [0.5, 0.6) is 0 Å². The maximum Gasteiger partial charge on any atom is 0.0790 e. The van der Waals surface area contributed by atoms with Gasteiger partial charge in [-0.3, -0.25) is 0 Å². The Bertz CT molecular complexity index is 1920. The second kappa shape index (κ2) is 20.0. The van der Waals surface area contributed by atoms with Crippen LogP contribution >= 0.6 is 0 Å². The Kier molecular flexibility index (Phi) is 16.5. The van der Waals surface area contributed by atoms with Gasteiger partial charge in [-0.05, 0) is 87.9 Å². The summed E-state index contributed by atoms with van der Waals surface area (Å²) in [4.78, 5) is 5.13. The molecule has 258 valence electrons. The lowest BCUT2D eigenvalue weighted by atomic mass is 9.89. The van der Waals surface area contributed by atoms with Crippen molar-refractivity contribution in [2.75, 3.05) is 5.32 Å². The van der Waals surface area contributed by atoms with Gasteiger partial charge in [0.25, 0.3) is 0 Å². The number of para-hydroxylation sites is 1. The predicted molar refractivity (Wildman–Crippen MR) is 226 cm³/mol. The summed E-state index contributed by atoms with van der Waals surface area (Å²) >= 11 is 0. The first-order valence-corrected chi connectivity index (χ1v) is 18.2. The van der Waals surface area contributed by atoms with E-state index in [4.69, 9.17) is 4.98 Å². The number of aromatic nitrogens is 1. The molecule has 0 spiro atoms. The zero-order chi connectivity index (χ0) is 36.7. The van der Waals surface area contributed by atoms with Crippen LogP contribution in [-0.4, -0.2) is 4.98 Å². The van der Waals surface area contributed by atoms with Gasteiger partial charge in [-0.15, -0.1) is 0 Å². The molecule has 0 radical (unpaired) electrons. The van der Waals surface area contributed by atoms with Crippen LogP contribution in [0.1, 0.15) is 120 Å². The fourth-order valence-electron chi connectivity index (χ4n) is 6.20. The summed E-state index contributed by atoms with van der Waals surface area (Å²) < 4.78 is 0. The molecule has 5 rings (SSSR count). The van der Waals surface area contributed by atoms with Crippen molar-refractivity contribution in [1.82, 2.24) is 4.98 Å². The molecule has 0 amide bonds. The number of rotatable bonds is 8. The van der Waals surface area contributed by atoms with Crippen molar-refractivity contribution in [3.63, 3.8) is 0 Å². The lowest BCUT2D eigenvalue weighted by Gasteiger charge is -2.24. The highest BCUT2D eigenvalue weighted by Gasteiger charge is 2.19. The molecule has 0 bridgehead atoms. The van der Waals surface area contributed by atoms with Crippen molar-refractivity contribution in [3.8, 4) is 11.1 Å². The Balaban J connectivity index is 0.00000132. The number of fused-ring (bicyclic) bond motifs is 2. The van der Waals surface area contributed by atoms with Gasteiger partial charge in [0.1, 0.15) is 0 Å². The van der Waals surface area contributed by atoms with E-state index in [0.29, 0.717) is 0 Å². The first-order chi connectivity index (χ1) is 23.8. The molecule has 1 heterocycles. The SMILES string of the molecule is C=Cc1c(/C=C\C)c(C)c(C)c(/C=C\C)c1NC(C)c1ccc(-c2c3ccccc3nc3c(/C=C\C)c(C)ccc23)cc1.CC.CC.CC. The molecule has 0 aliphatic heterocycles. The second-order valence-electron chi connectivity index (χ2n) is 11.3. The van der Waals surface area contributed by atoms with Crippen LogP contribution < -0.4 is 5.32 Å². The molecule has 0 aliphatic carbocycles. The highest BCUT2D eigenvalue weighted by Crippen LogP contribution is 2.39. The molecule has 2 nitrogen and oxygen atoms in total. The smallest absolute Gasteiger partial charge is 0.0790 e. The second-order valence-corrected chi connectivity index (χ2v) is 11.3. The van der Waals surface area contributed by atoms with Gasteiger partial charge in [0, 0.05) is 39.1 Å². The number of nitrogens with one attached hydrogen (secondary N) is 1. The molecular formula is C47H60N2. The minimum atomic E-state index is 0.0900. The van der Waals surface area contributed by atoms with E-state index in [0.717, 1.165) is 22.3 Å². The van der Waals surface area contributed by atoms with Crippen LogP contribution in [0.3, 0.4) is 0 Å². The fourth-order valence-corrected chi connectivity index (χ4v) is 6.20. The monoisotopic (exact) mass is 652 g/mol. The molecule has 1 unspecified atom stereocenters. The van der Waals surface area contributed by atoms with Gasteiger partial charge >= 0.3 is 0 Å². The molecule has 0 fully saturated rings. The number of pyridine rings is 1. The van der Waals surface area contributed by atoms with Gasteiger partial charge < -0.3 is 5.32 Å². The van der Waals surface area contributed by atoms with Crippen LogP contribution in [0.4, 0.5) is 5.69 Å². The summed E-state index contributed by atoms with van der Waals surface area (Å²) in [5, 5.41) is 6.21. The van der Waals surface area contributed by atoms with E-state index in [1.165, 1.54) is 60.8 Å². The largest absolute Gasteiger partial charge is 0.378 e. The van der Waals surface area contributed by atoms with Gasteiger partial charge in [0.15, 0.2) is 0 Å². The number of aryl methyl sites for hydroxylation is 1. The summed E-state index contributed by atoms with van der Waals surface area (Å²) in [6.07, 6.45) is 14.9. The first kappa shape index (κ1) is 40.5. The summed E-state index contributed by atoms with van der Waals surface area (Å²) in [6.45, 7) is 31.2. The van der Waals surface area contributed by atoms with E-state index >= 15 is 0 Å². The van der Waals surface area contributed by atoms with Crippen LogP contribution in [-0.2, 0) is 0 Å². The Hall–Kier alpha value is -4.69. The van der Waals surface area contributed by atoms with Crippen LogP contribution in [0.15, 0.2) is 85.5 Å². The van der Waals surface area contributed by atoms with E-state index < -0.39 is 0 Å². The van der Waals surface area contributed by atoms with E-state index in [2.05, 4.69) is 157 Å². The zero-order valence-electron chi connectivity index (χ0n) is 32.5. The Morgan fingerprint density at radius 3 is 1.78 bits per heavy atom. The minimum absolute atomic E-state index is 0.0900. The third-order valence-electron chi connectivity index (χ3n) is 8.57. The predicted octanol–water partition coefficient (Wildman–Crippen LogP) is 15.0. The normalized spacial score (nSPS) is 11.5. The van der Waals surface area contributed by atoms with Crippen molar-refractivity contribution in [2.24, 2.45) is 0 Å². The summed E-state index contributed by atoms with van der Waals surface area (Å²) in [5.41, 5.74) is 15.4. The standard InChI is InChI=1S/C41H42N2.3C2H6/c1-9-15-33-26(5)20-25-37-39(36-18-13-14-19-38(36)43-41(33)37)31-23-21-30(22-24-31)29(8)42-40-32(12-4)34(16-10-2)27(6)28(7)35(40)17-11-3;3*1-2/h9-25,29,42H,4H2,1-3,5-8H3;3*1-2H3/b15-9-,16-10-,17-11-;;;. The molecule has 5 aromatic rings. The molecule has 1 aromatic heterocycles. The molecule has 1 N–H and O–H groups in total. The first-order valence-electron chi connectivity index (χ1n) is 18.2. The average molecular weight is 653 g/mol. The number of benzene rings is 4. The molecule has 2 heteroatoms. The van der Waals surface area contributed by atoms with E-state index in [9.17, 15) is 0 Å². The highest BCUT2D eigenvalue weighted by atomic mass is 14.9. The van der Waals surface area contributed by atoms with Crippen molar-refractivity contribution in [1.29, 1.82) is 0 Å². The van der Waals surface area contributed by atoms with Crippen molar-refractivity contribution >= 4 is 51.8 Å². The lowest BCUT2D eigenvalue weighted by Crippen LogP contribution is -2.11. The maximum absolute atomic E-state index is 5.13. The molecule has 4 aromatic carbocycles. The Labute approximate surface area is 298 Å². The quantitative estimate of drug-likeness (QED) is 0.169. The van der Waals surface area contributed by atoms with Gasteiger partial charge in [-0.1, -0.05) is 145 Å². The number of anilines is 1. The van der Waals surface area contributed by atoms with Crippen LogP contribution in [0.2, 0.25) is 0 Å². The zero-order valence-corrected chi connectivity index (χ0v) is 32.5. The number of hydrogen-bond donors (Lipinski definition) is 1. The summed E-state index contributed by atoms with van der Waals surface area (Å²) in [6, 6.07) is 22.0. The molecule has 0 saturated heterocycles. The maximum atomic E-state index is 5.13. The topological polar surface area (TPSA) is 24.9 Å². The molecule has 0 aliphatic rings. The minimum Gasteiger partial charge on any atom is -0.378 e. The molecule has 0 saturated carbocycles. The molecule has 49 heavy (non-hydrogen) atoms. The Morgan fingerprint density at radius 1 is 0.633 bits per heavy atom. The Morgan fingerprint density at radius 2 is 1.18 bits per heavy atom. The van der Waals surface area contributed by atoms with Crippen molar-refractivity contribution in [2.45, 2.75) is 96.1 Å². The highest BCUT2D eigenvalue weighted by molar-refractivity contribution is 6.11. The van der Waals surface area contributed by atoms with E-state index in [1.54, 1.807) is 0 Å². The van der Waals surface area contributed by atoms with Gasteiger partial charge in [-0.25, -0.2) is 4.98 Å². The summed E-state index contributed by atoms with van der Waals surface area (Å²) in [5.74, 6) is 0. The van der Waals surface area contributed by atoms with Gasteiger partial charge in [-0.2, -0.15) is 0 Å². The average Bonchev–Trinajstić information content (AvgIpc) is 3.15. The number of nitrogens with zero attached hydrogens (tertiary/aromatic N) is 1. The third-order valence-corrected chi connectivity index (χ3v) is 8.57. The van der Waals surface area contributed by atoms with Gasteiger partial charge in [0.2, 0.25) is 0 Å². The van der Waals surface area contributed by atoms with Crippen molar-refractivity contribution in [3.05, 3.63) is 130 Å².